The summed E-state index contributed by atoms with van der Waals surface area (Å²) >= 11 is 26.3. The normalized spacial score (nSPS) is 22.3. The van der Waals surface area contributed by atoms with Gasteiger partial charge in [-0.3, -0.25) is 9.59 Å². The van der Waals surface area contributed by atoms with Crippen molar-refractivity contribution in [2.75, 3.05) is 12.4 Å². The summed E-state index contributed by atoms with van der Waals surface area (Å²) < 4.78 is 23.8. The van der Waals surface area contributed by atoms with E-state index in [0.717, 1.165) is 11.8 Å². The van der Waals surface area contributed by atoms with Crippen molar-refractivity contribution in [1.29, 1.82) is 0 Å². The Morgan fingerprint density at radius 2 is 1.15 bits per heavy atom. The minimum atomic E-state index is -2.95. The second kappa shape index (κ2) is 16.1. The molecule has 0 aromatic heterocycles. The maximum atomic E-state index is 14.3. The molecule has 2 heterocycles. The number of hydrogen-bond donors (Lipinski definition) is 1. The van der Waals surface area contributed by atoms with Crippen LogP contribution >= 0.6 is 58.2 Å². The first kappa shape index (κ1) is 38.6. The van der Waals surface area contributed by atoms with Gasteiger partial charge in [0.1, 0.15) is 12.7 Å². The maximum absolute atomic E-state index is 14.3. The van der Waals surface area contributed by atoms with Crippen LogP contribution in [0.1, 0.15) is 58.7 Å². The van der Waals surface area contributed by atoms with Crippen molar-refractivity contribution in [1.82, 2.24) is 4.90 Å². The fourth-order valence-corrected chi connectivity index (χ4v) is 7.92. The summed E-state index contributed by atoms with van der Waals surface area (Å²) in [7, 11) is 0. The first-order valence-electron chi connectivity index (χ1n) is 15.9. The summed E-state index contributed by atoms with van der Waals surface area (Å²) in [4.78, 5) is 69.7. The zero-order valence-corrected chi connectivity index (χ0v) is 31.2. The lowest BCUT2D eigenvalue weighted by atomic mass is 9.92. The molecule has 0 spiro atoms. The molecular weight excluding hydrogens is 792 g/mol. The molecule has 0 saturated carbocycles. The summed E-state index contributed by atoms with van der Waals surface area (Å²) in [6.07, 6.45) is -5.37. The predicted octanol–water partition coefficient (Wildman–Crippen LogP) is 7.37. The van der Waals surface area contributed by atoms with Gasteiger partial charge in [-0.2, -0.15) is 0 Å². The molecule has 0 aliphatic carbocycles. The Balaban J connectivity index is 1.51. The lowest BCUT2D eigenvalue weighted by Gasteiger charge is -2.52. The standard InChI is InChI=1S/C37H27Cl4NO10S/c1-2-53-36-37(48,42-31(43)23-24(32(42)44)26(39)28(41)27(40)25(23)38)30(52-35(47)21-16-10-5-11-17-21)29(51-34(46)20-14-8-4-9-15-20)22(50-36)18-49-33(45)19-12-6-3-7-13-19/h3-17,22,29-30,36,48H,2,18H2,1H3/t22-,29-,30+,36+,37-/m1/s1. The fraction of sp³-hybridized carbons (Fsp3) is 0.216. The van der Waals surface area contributed by atoms with Crippen LogP contribution < -0.4 is 0 Å². The van der Waals surface area contributed by atoms with Crippen molar-refractivity contribution >= 4 is 87.9 Å². The van der Waals surface area contributed by atoms with E-state index < -0.39 is 87.0 Å². The van der Waals surface area contributed by atoms with Crippen molar-refractivity contribution in [3.63, 3.8) is 0 Å². The number of esters is 3. The average molecular weight is 819 g/mol. The molecular formula is C37H27Cl4NO10S. The Kier molecular flexibility index (Phi) is 11.7. The molecule has 5 atom stereocenters. The third-order valence-corrected chi connectivity index (χ3v) is 11.3. The zero-order chi connectivity index (χ0) is 38.0. The van der Waals surface area contributed by atoms with Gasteiger partial charge in [-0.25, -0.2) is 19.3 Å². The topological polar surface area (TPSA) is 146 Å². The number of ether oxygens (including phenoxy) is 4. The van der Waals surface area contributed by atoms with Gasteiger partial charge in [-0.05, 0) is 42.2 Å². The van der Waals surface area contributed by atoms with Gasteiger partial charge in [0.2, 0.25) is 5.72 Å². The minimum Gasteiger partial charge on any atom is -0.459 e. The van der Waals surface area contributed by atoms with E-state index in [0.29, 0.717) is 4.90 Å². The van der Waals surface area contributed by atoms with E-state index >= 15 is 0 Å². The molecule has 1 saturated heterocycles. The van der Waals surface area contributed by atoms with Crippen LogP contribution in [-0.4, -0.2) is 81.6 Å². The van der Waals surface area contributed by atoms with Gasteiger partial charge in [0, 0.05) is 0 Å². The predicted molar refractivity (Wildman–Crippen MR) is 197 cm³/mol. The molecule has 4 aromatic rings. The number of thioether (sulfide) groups is 1. The molecule has 6 rings (SSSR count). The number of fused-ring (bicyclic) bond motifs is 1. The number of nitrogens with zero attached hydrogens (tertiary/aromatic N) is 1. The minimum absolute atomic E-state index is 0.00763. The molecule has 0 unspecified atom stereocenters. The highest BCUT2D eigenvalue weighted by Crippen LogP contribution is 2.50. The Labute approximate surface area is 326 Å². The van der Waals surface area contributed by atoms with Crippen molar-refractivity contribution in [3.05, 3.63) is 139 Å². The molecule has 2 amide bonds. The summed E-state index contributed by atoms with van der Waals surface area (Å²) in [6, 6.07) is 23.3. The second-order valence-corrected chi connectivity index (χ2v) is 14.4. The van der Waals surface area contributed by atoms with Crippen LogP contribution in [-0.2, 0) is 18.9 Å². The molecule has 0 bridgehead atoms. The Hall–Kier alpha value is -4.14. The Bertz CT molecular complexity index is 2030. The van der Waals surface area contributed by atoms with E-state index in [-0.39, 0.29) is 32.5 Å². The zero-order valence-electron chi connectivity index (χ0n) is 27.4. The van der Waals surface area contributed by atoms with Gasteiger partial charge >= 0.3 is 17.9 Å². The number of carbonyl (C=O) groups is 5. The highest BCUT2D eigenvalue weighted by Gasteiger charge is 2.67. The van der Waals surface area contributed by atoms with E-state index in [4.69, 9.17) is 65.4 Å². The summed E-state index contributed by atoms with van der Waals surface area (Å²) in [5.41, 5.74) is -5.28. The molecule has 53 heavy (non-hydrogen) atoms. The number of benzene rings is 4. The van der Waals surface area contributed by atoms with Crippen molar-refractivity contribution < 1.29 is 48.0 Å². The van der Waals surface area contributed by atoms with Gasteiger partial charge in [0.15, 0.2) is 17.6 Å². The van der Waals surface area contributed by atoms with Crippen LogP contribution in [0.4, 0.5) is 0 Å². The largest absolute Gasteiger partial charge is 0.459 e. The third kappa shape index (κ3) is 7.25. The van der Waals surface area contributed by atoms with E-state index in [9.17, 15) is 29.1 Å². The number of rotatable bonds is 10. The van der Waals surface area contributed by atoms with E-state index in [1.165, 1.54) is 36.4 Å². The summed E-state index contributed by atoms with van der Waals surface area (Å²) in [5.74, 6) is -4.93. The van der Waals surface area contributed by atoms with Crippen LogP contribution in [0.3, 0.4) is 0 Å². The van der Waals surface area contributed by atoms with Gasteiger partial charge in [0.25, 0.3) is 11.8 Å². The summed E-state index contributed by atoms with van der Waals surface area (Å²) in [5, 5.41) is 11.5. The molecule has 0 radical (unpaired) electrons. The van der Waals surface area contributed by atoms with Crippen molar-refractivity contribution in [2.24, 2.45) is 0 Å². The molecule has 1 N–H and O–H groups in total. The number of halogens is 4. The molecule has 4 aromatic carbocycles. The van der Waals surface area contributed by atoms with Crippen LogP contribution in [0, 0.1) is 0 Å². The molecule has 1 fully saturated rings. The molecule has 2 aliphatic heterocycles. The van der Waals surface area contributed by atoms with Crippen LogP contribution in [0.5, 0.6) is 0 Å². The number of aliphatic hydroxyl groups is 1. The number of amides is 2. The number of hydrogen-bond acceptors (Lipinski definition) is 11. The van der Waals surface area contributed by atoms with Crippen molar-refractivity contribution in [2.45, 2.75) is 36.4 Å². The molecule has 16 heteroatoms. The smallest absolute Gasteiger partial charge is 0.338 e. The quantitative estimate of drug-likeness (QED) is 0.0563. The fourth-order valence-electron chi connectivity index (χ4n) is 5.89. The average Bonchev–Trinajstić information content (AvgIpc) is 3.45. The third-order valence-electron chi connectivity index (χ3n) is 8.39. The van der Waals surface area contributed by atoms with E-state index in [1.807, 2.05) is 0 Å². The maximum Gasteiger partial charge on any atom is 0.338 e. The first-order chi connectivity index (χ1) is 25.4. The second-order valence-electron chi connectivity index (χ2n) is 11.6. The lowest BCUT2D eigenvalue weighted by molar-refractivity contribution is -0.279. The Morgan fingerprint density at radius 3 is 1.60 bits per heavy atom. The van der Waals surface area contributed by atoms with Gasteiger partial charge < -0.3 is 24.1 Å². The van der Waals surface area contributed by atoms with E-state index in [2.05, 4.69) is 0 Å². The monoisotopic (exact) mass is 817 g/mol. The molecule has 11 nitrogen and oxygen atoms in total. The lowest BCUT2D eigenvalue weighted by Crippen LogP contribution is -2.75. The highest BCUT2D eigenvalue weighted by molar-refractivity contribution is 7.99. The van der Waals surface area contributed by atoms with E-state index in [1.54, 1.807) is 61.5 Å². The Morgan fingerprint density at radius 1 is 0.717 bits per heavy atom. The van der Waals surface area contributed by atoms with Crippen LogP contribution in [0.2, 0.25) is 20.1 Å². The highest BCUT2D eigenvalue weighted by atomic mass is 35.5. The van der Waals surface area contributed by atoms with Crippen LogP contribution in [0.25, 0.3) is 0 Å². The SMILES string of the molecule is CCS[C@@H]1O[C@H](COC(=O)c2ccccc2)[C@@H](OC(=O)c2ccccc2)[C@H](OC(=O)c2ccccc2)[C@]1(O)N1C(=O)c2c(Cl)c(Cl)c(Cl)c(Cl)c2C1=O. The first-order valence-corrected chi connectivity index (χ1v) is 18.4. The van der Waals surface area contributed by atoms with Gasteiger partial charge in [-0.15, -0.1) is 11.8 Å². The number of carbonyl (C=O) groups excluding carboxylic acids is 5. The molecule has 274 valence electrons. The van der Waals surface area contributed by atoms with Gasteiger partial charge in [0.05, 0.1) is 47.9 Å². The van der Waals surface area contributed by atoms with Crippen LogP contribution in [0.15, 0.2) is 91.0 Å². The number of imide groups is 1. The van der Waals surface area contributed by atoms with Crippen molar-refractivity contribution in [3.8, 4) is 0 Å². The summed E-state index contributed by atoms with van der Waals surface area (Å²) in [6.45, 7) is 1.10. The molecule has 2 aliphatic rings. The van der Waals surface area contributed by atoms with Gasteiger partial charge in [-0.1, -0.05) is 108 Å².